The quantitative estimate of drug-likeness (QED) is 0.875. The van der Waals surface area contributed by atoms with Gasteiger partial charge < -0.3 is 10.1 Å². The zero-order chi connectivity index (χ0) is 13.0. The second-order valence-electron chi connectivity index (χ2n) is 4.51. The summed E-state index contributed by atoms with van der Waals surface area (Å²) in [5.41, 5.74) is 5.07. The molecule has 2 aromatic carbocycles. The molecule has 0 amide bonds. The molecule has 0 aliphatic heterocycles. The van der Waals surface area contributed by atoms with Gasteiger partial charge in [-0.15, -0.1) is 0 Å². The Kier molecular flexibility index (Phi) is 3.88. The molecule has 2 aromatic rings. The summed E-state index contributed by atoms with van der Waals surface area (Å²) in [5.74, 6) is 0.882. The van der Waals surface area contributed by atoms with Crippen LogP contribution in [0.15, 0.2) is 42.5 Å². The van der Waals surface area contributed by atoms with Crippen molar-refractivity contribution in [1.82, 2.24) is 0 Å². The van der Waals surface area contributed by atoms with Crippen LogP contribution in [0.25, 0.3) is 0 Å². The zero-order valence-corrected chi connectivity index (χ0v) is 11.2. The average molecular weight is 241 g/mol. The fourth-order valence-electron chi connectivity index (χ4n) is 1.90. The number of rotatable bonds is 4. The minimum Gasteiger partial charge on any atom is -0.497 e. The lowest BCUT2D eigenvalue weighted by molar-refractivity contribution is 0.415. The van der Waals surface area contributed by atoms with Crippen molar-refractivity contribution in [3.8, 4) is 5.75 Å². The van der Waals surface area contributed by atoms with E-state index in [-0.39, 0.29) is 0 Å². The lowest BCUT2D eigenvalue weighted by Gasteiger charge is -2.10. The number of anilines is 1. The van der Waals surface area contributed by atoms with Gasteiger partial charge in [0, 0.05) is 12.2 Å². The number of benzene rings is 2. The van der Waals surface area contributed by atoms with E-state index >= 15 is 0 Å². The van der Waals surface area contributed by atoms with E-state index in [0.717, 1.165) is 18.0 Å². The first-order valence-electron chi connectivity index (χ1n) is 6.13. The monoisotopic (exact) mass is 241 g/mol. The van der Waals surface area contributed by atoms with Gasteiger partial charge in [0.1, 0.15) is 5.75 Å². The molecule has 0 aliphatic rings. The van der Waals surface area contributed by atoms with Crippen LogP contribution in [0.3, 0.4) is 0 Å². The van der Waals surface area contributed by atoms with Gasteiger partial charge in [-0.25, -0.2) is 0 Å². The summed E-state index contributed by atoms with van der Waals surface area (Å²) in [5, 5.41) is 3.42. The molecule has 0 saturated carbocycles. The van der Waals surface area contributed by atoms with E-state index in [1.165, 1.54) is 16.7 Å². The highest BCUT2D eigenvalue weighted by atomic mass is 16.5. The van der Waals surface area contributed by atoms with Crippen LogP contribution in [0.1, 0.15) is 16.7 Å². The molecule has 94 valence electrons. The summed E-state index contributed by atoms with van der Waals surface area (Å²) >= 11 is 0. The maximum atomic E-state index is 5.14. The highest BCUT2D eigenvalue weighted by molar-refractivity contribution is 5.47. The predicted octanol–water partition coefficient (Wildman–Crippen LogP) is 3.92. The molecular formula is C16H19NO. The van der Waals surface area contributed by atoms with E-state index < -0.39 is 0 Å². The third-order valence-corrected chi connectivity index (χ3v) is 3.08. The van der Waals surface area contributed by atoms with Crippen molar-refractivity contribution >= 4 is 5.69 Å². The summed E-state index contributed by atoms with van der Waals surface area (Å²) in [7, 11) is 1.68. The minimum absolute atomic E-state index is 0.847. The van der Waals surface area contributed by atoms with Crippen LogP contribution in [-0.4, -0.2) is 7.11 Å². The van der Waals surface area contributed by atoms with E-state index in [2.05, 4.69) is 37.4 Å². The number of hydrogen-bond donors (Lipinski definition) is 1. The summed E-state index contributed by atoms with van der Waals surface area (Å²) in [4.78, 5) is 0. The van der Waals surface area contributed by atoms with E-state index in [4.69, 9.17) is 4.74 Å². The van der Waals surface area contributed by atoms with Gasteiger partial charge in [-0.3, -0.25) is 0 Å². The smallest absolute Gasteiger partial charge is 0.119 e. The van der Waals surface area contributed by atoms with Crippen molar-refractivity contribution in [3.05, 3.63) is 59.2 Å². The lowest BCUT2D eigenvalue weighted by Crippen LogP contribution is -2.01. The Morgan fingerprint density at radius 1 is 1.00 bits per heavy atom. The molecule has 0 bridgehead atoms. The van der Waals surface area contributed by atoms with E-state index in [9.17, 15) is 0 Å². The molecule has 2 nitrogen and oxygen atoms in total. The standard InChI is InChI=1S/C16H19NO/c1-12-4-5-13(2)14(10-12)11-17-15-6-8-16(18-3)9-7-15/h4-10,17H,11H2,1-3H3. The van der Waals surface area contributed by atoms with Gasteiger partial charge >= 0.3 is 0 Å². The highest BCUT2D eigenvalue weighted by Gasteiger charge is 1.99. The topological polar surface area (TPSA) is 21.3 Å². The molecule has 1 N–H and O–H groups in total. The normalized spacial score (nSPS) is 10.2. The minimum atomic E-state index is 0.847. The fraction of sp³-hybridized carbons (Fsp3) is 0.250. The van der Waals surface area contributed by atoms with Gasteiger partial charge in [-0.1, -0.05) is 23.8 Å². The third-order valence-electron chi connectivity index (χ3n) is 3.08. The van der Waals surface area contributed by atoms with Crippen molar-refractivity contribution in [2.45, 2.75) is 20.4 Å². The Balaban J connectivity index is 2.04. The number of methoxy groups -OCH3 is 1. The summed E-state index contributed by atoms with van der Waals surface area (Å²) in [6, 6.07) is 14.5. The first-order chi connectivity index (χ1) is 8.69. The maximum absolute atomic E-state index is 5.14. The molecule has 18 heavy (non-hydrogen) atoms. The SMILES string of the molecule is COc1ccc(NCc2cc(C)ccc2C)cc1. The second kappa shape index (κ2) is 5.58. The fourth-order valence-corrected chi connectivity index (χ4v) is 1.90. The van der Waals surface area contributed by atoms with Crippen LogP contribution in [0.4, 0.5) is 5.69 Å². The van der Waals surface area contributed by atoms with E-state index in [1.807, 2.05) is 24.3 Å². The molecule has 0 unspecified atom stereocenters. The van der Waals surface area contributed by atoms with Crippen molar-refractivity contribution in [2.24, 2.45) is 0 Å². The first kappa shape index (κ1) is 12.5. The molecular weight excluding hydrogens is 222 g/mol. The number of nitrogens with one attached hydrogen (secondary N) is 1. The second-order valence-corrected chi connectivity index (χ2v) is 4.51. The Labute approximate surface area is 109 Å². The Hall–Kier alpha value is -1.96. The average Bonchev–Trinajstić information content (AvgIpc) is 2.40. The molecule has 0 atom stereocenters. The van der Waals surface area contributed by atoms with Gasteiger partial charge in [0.15, 0.2) is 0 Å². The van der Waals surface area contributed by atoms with Crippen LogP contribution in [0, 0.1) is 13.8 Å². The Morgan fingerprint density at radius 2 is 1.72 bits per heavy atom. The molecule has 2 rings (SSSR count). The van der Waals surface area contributed by atoms with Crippen LogP contribution < -0.4 is 10.1 Å². The van der Waals surface area contributed by atoms with E-state index in [1.54, 1.807) is 7.11 Å². The molecule has 2 heteroatoms. The largest absolute Gasteiger partial charge is 0.497 e. The predicted molar refractivity (Wildman–Crippen MR) is 76.2 cm³/mol. The third kappa shape index (κ3) is 3.04. The molecule has 0 spiro atoms. The zero-order valence-electron chi connectivity index (χ0n) is 11.2. The molecule has 0 aromatic heterocycles. The number of ether oxygens (including phenoxy) is 1. The lowest BCUT2D eigenvalue weighted by atomic mass is 10.1. The van der Waals surface area contributed by atoms with Gasteiger partial charge in [0.2, 0.25) is 0 Å². The Morgan fingerprint density at radius 3 is 2.39 bits per heavy atom. The van der Waals surface area contributed by atoms with Gasteiger partial charge in [0.05, 0.1) is 7.11 Å². The summed E-state index contributed by atoms with van der Waals surface area (Å²) in [6.45, 7) is 5.11. The van der Waals surface area contributed by atoms with Gasteiger partial charge in [0.25, 0.3) is 0 Å². The molecule has 0 heterocycles. The maximum Gasteiger partial charge on any atom is 0.119 e. The molecule has 0 fully saturated rings. The van der Waals surface area contributed by atoms with Crippen LogP contribution >= 0.6 is 0 Å². The molecule has 0 radical (unpaired) electrons. The van der Waals surface area contributed by atoms with Crippen molar-refractivity contribution in [3.63, 3.8) is 0 Å². The van der Waals surface area contributed by atoms with Gasteiger partial charge in [-0.05, 0) is 49.2 Å². The van der Waals surface area contributed by atoms with Crippen LogP contribution in [0.5, 0.6) is 5.75 Å². The van der Waals surface area contributed by atoms with Crippen molar-refractivity contribution in [1.29, 1.82) is 0 Å². The first-order valence-corrected chi connectivity index (χ1v) is 6.13. The van der Waals surface area contributed by atoms with E-state index in [0.29, 0.717) is 0 Å². The Bertz CT molecular complexity index is 517. The highest BCUT2D eigenvalue weighted by Crippen LogP contribution is 2.17. The molecule has 0 aliphatic carbocycles. The summed E-state index contributed by atoms with van der Waals surface area (Å²) in [6.07, 6.45) is 0. The van der Waals surface area contributed by atoms with Crippen molar-refractivity contribution in [2.75, 3.05) is 12.4 Å². The van der Waals surface area contributed by atoms with Crippen LogP contribution in [-0.2, 0) is 6.54 Å². The van der Waals surface area contributed by atoms with Crippen molar-refractivity contribution < 1.29 is 4.74 Å². The number of aryl methyl sites for hydroxylation is 2. The number of hydrogen-bond acceptors (Lipinski definition) is 2. The molecule has 0 saturated heterocycles. The van der Waals surface area contributed by atoms with Crippen LogP contribution in [0.2, 0.25) is 0 Å². The summed E-state index contributed by atoms with van der Waals surface area (Å²) < 4.78 is 5.14. The van der Waals surface area contributed by atoms with Gasteiger partial charge in [-0.2, -0.15) is 0 Å².